The SMILES string of the molecule is CSCCC(NC(=O)C(CC(C)C)NC(=O)C(Cc1cnc[nH]1)NC(=O)CNC(=O)C(NC(=O)C(C)NC(=O)C(Cc1c[nH]c2ccccc12)NC(=O)C(CCC(N)=O)NC(=O)c1ccc(NC(=O)CNC(=O)CNC(=O)CN2CCN(CC(=O)O)CCN(CC(=O)O)CCN(CC(=O)O)CC2)cc1)C(C)C)C(N)=O. The second-order valence-electron chi connectivity index (χ2n) is 27.1. The van der Waals surface area contributed by atoms with Crippen molar-refractivity contribution in [2.24, 2.45) is 23.3 Å². The van der Waals surface area contributed by atoms with Gasteiger partial charge >= 0.3 is 17.9 Å². The van der Waals surface area contributed by atoms with Gasteiger partial charge in [-0.15, -0.1) is 0 Å². The minimum absolute atomic E-state index is 0.0366. The molecule has 0 aliphatic carbocycles. The Morgan fingerprint density at radius 3 is 1.58 bits per heavy atom. The molecule has 2 aromatic carbocycles. The van der Waals surface area contributed by atoms with Crippen LogP contribution in [0.4, 0.5) is 5.69 Å². The van der Waals surface area contributed by atoms with E-state index in [0.717, 1.165) is 0 Å². The molecule has 602 valence electrons. The van der Waals surface area contributed by atoms with E-state index in [1.165, 1.54) is 55.5 Å². The molecular formula is C70H102N20O19S. The van der Waals surface area contributed by atoms with E-state index in [-0.39, 0.29) is 128 Å². The van der Waals surface area contributed by atoms with Crippen LogP contribution < -0.4 is 70.0 Å². The third-order valence-electron chi connectivity index (χ3n) is 17.4. The van der Waals surface area contributed by atoms with Crippen molar-refractivity contribution >= 4 is 123 Å². The number of benzene rings is 2. The van der Waals surface area contributed by atoms with Crippen LogP contribution in [-0.2, 0) is 84.8 Å². The molecule has 110 heavy (non-hydrogen) atoms. The number of imidazole rings is 1. The molecule has 13 amide bonds. The number of carbonyl (C=O) groups is 16. The number of anilines is 1. The number of rotatable bonds is 43. The van der Waals surface area contributed by atoms with Crippen LogP contribution in [0.2, 0.25) is 0 Å². The Kier molecular flexibility index (Phi) is 37.2. The van der Waals surface area contributed by atoms with Gasteiger partial charge < -0.3 is 95.2 Å². The van der Waals surface area contributed by atoms with Crippen molar-refractivity contribution in [3.63, 3.8) is 0 Å². The van der Waals surface area contributed by atoms with Gasteiger partial charge in [-0.3, -0.25) is 96.3 Å². The number of primary amides is 2. The zero-order valence-corrected chi connectivity index (χ0v) is 63.1. The smallest absolute Gasteiger partial charge is 0.317 e. The Labute approximate surface area is 638 Å². The van der Waals surface area contributed by atoms with Crippen LogP contribution in [0.3, 0.4) is 0 Å². The topological polar surface area (TPSA) is 576 Å². The van der Waals surface area contributed by atoms with E-state index in [4.69, 9.17) is 11.5 Å². The fourth-order valence-electron chi connectivity index (χ4n) is 11.5. The summed E-state index contributed by atoms with van der Waals surface area (Å²) in [7, 11) is 0. The molecule has 4 aromatic rings. The molecule has 0 spiro atoms. The van der Waals surface area contributed by atoms with Gasteiger partial charge in [-0.05, 0) is 85.9 Å². The van der Waals surface area contributed by atoms with Crippen molar-refractivity contribution < 1.29 is 92.0 Å². The zero-order chi connectivity index (χ0) is 81.1. The summed E-state index contributed by atoms with van der Waals surface area (Å²) in [5.74, 6) is -13.9. The van der Waals surface area contributed by atoms with E-state index >= 15 is 0 Å². The molecule has 0 radical (unpaired) electrons. The predicted molar refractivity (Wildman–Crippen MR) is 400 cm³/mol. The van der Waals surface area contributed by atoms with Crippen molar-refractivity contribution in [2.75, 3.05) is 115 Å². The first kappa shape index (κ1) is 89.5. The highest BCUT2D eigenvalue weighted by Crippen LogP contribution is 2.20. The van der Waals surface area contributed by atoms with Gasteiger partial charge in [0, 0.05) is 112 Å². The lowest BCUT2D eigenvalue weighted by Crippen LogP contribution is -2.59. The second-order valence-corrected chi connectivity index (χ2v) is 28.1. The van der Waals surface area contributed by atoms with Gasteiger partial charge in [-0.25, -0.2) is 4.98 Å². The number of nitrogens with two attached hydrogens (primary N) is 2. The van der Waals surface area contributed by atoms with Crippen LogP contribution in [0, 0.1) is 11.8 Å². The van der Waals surface area contributed by atoms with Crippen molar-refractivity contribution in [1.29, 1.82) is 0 Å². The molecule has 5 rings (SSSR count). The highest BCUT2D eigenvalue weighted by Gasteiger charge is 2.35. The summed E-state index contributed by atoms with van der Waals surface area (Å²) in [5.41, 5.74) is 12.9. The largest absolute Gasteiger partial charge is 0.480 e. The molecule has 39 nitrogen and oxygen atoms in total. The number of aromatic amines is 2. The number of aromatic nitrogens is 3. The molecule has 0 bridgehead atoms. The Hall–Kier alpha value is -11.1. The number of aliphatic carboxylic acids is 3. The van der Waals surface area contributed by atoms with Gasteiger partial charge in [0.05, 0.1) is 52.1 Å². The maximum absolute atomic E-state index is 14.4. The van der Waals surface area contributed by atoms with Crippen molar-refractivity contribution in [2.45, 2.75) is 115 Å². The van der Waals surface area contributed by atoms with Crippen LogP contribution in [-0.4, -0.2) is 297 Å². The minimum Gasteiger partial charge on any atom is -0.480 e. The average Bonchev–Trinajstić information content (AvgIpc) is 1.66. The highest BCUT2D eigenvalue weighted by atomic mass is 32.2. The molecule has 1 saturated heterocycles. The molecule has 40 heteroatoms. The number of hydrogen-bond donors (Lipinski definition) is 18. The molecular weight excluding hydrogens is 1460 g/mol. The Morgan fingerprint density at radius 2 is 1.04 bits per heavy atom. The molecule has 1 aliphatic heterocycles. The van der Waals surface area contributed by atoms with Crippen LogP contribution in [0.25, 0.3) is 10.9 Å². The quantitative estimate of drug-likeness (QED) is 0.0198. The number of carbonyl (C=O) groups excluding carboxylic acids is 13. The van der Waals surface area contributed by atoms with Gasteiger partial charge in [0.1, 0.15) is 42.3 Å². The first-order valence-electron chi connectivity index (χ1n) is 35.6. The lowest BCUT2D eigenvalue weighted by molar-refractivity contribution is -0.140. The van der Waals surface area contributed by atoms with E-state index in [1.54, 1.807) is 63.9 Å². The summed E-state index contributed by atoms with van der Waals surface area (Å²) < 4.78 is 0. The Bertz CT molecular complexity index is 3810. The minimum atomic E-state index is -1.51. The number of H-pyrrole nitrogens is 2. The number of fused-ring (bicyclic) bond motifs is 1. The number of nitrogens with one attached hydrogen (secondary N) is 13. The molecule has 7 atom stereocenters. The highest BCUT2D eigenvalue weighted by molar-refractivity contribution is 7.98. The normalized spacial score (nSPS) is 15.2. The number of nitrogens with zero attached hydrogens (tertiary/aromatic N) is 5. The number of amides is 13. The lowest BCUT2D eigenvalue weighted by Gasteiger charge is -2.32. The summed E-state index contributed by atoms with van der Waals surface area (Å²) in [5, 5.41) is 57.3. The predicted octanol–water partition coefficient (Wildman–Crippen LogP) is -4.63. The van der Waals surface area contributed by atoms with Crippen molar-refractivity contribution in [3.8, 4) is 0 Å². The summed E-state index contributed by atoms with van der Waals surface area (Å²) >= 11 is 1.45. The van der Waals surface area contributed by atoms with E-state index in [9.17, 15) is 92.0 Å². The summed E-state index contributed by atoms with van der Waals surface area (Å²) in [6.45, 7) is 6.33. The maximum Gasteiger partial charge on any atom is 0.317 e. The molecule has 0 saturated carbocycles. The summed E-state index contributed by atoms with van der Waals surface area (Å²) in [6.07, 6.45) is 5.56. The summed E-state index contributed by atoms with van der Waals surface area (Å²) in [4.78, 5) is 226. The van der Waals surface area contributed by atoms with Gasteiger partial charge in [-0.1, -0.05) is 45.9 Å². The zero-order valence-electron chi connectivity index (χ0n) is 62.3. The van der Waals surface area contributed by atoms with E-state index in [0.29, 0.717) is 27.9 Å². The van der Waals surface area contributed by atoms with Crippen LogP contribution in [0.15, 0.2) is 67.3 Å². The monoisotopic (exact) mass is 1560 g/mol. The molecule has 1 fully saturated rings. The fraction of sp³-hybridized carbons (Fsp3) is 0.529. The first-order chi connectivity index (χ1) is 52.2. The molecule has 1 aliphatic rings. The van der Waals surface area contributed by atoms with Crippen molar-refractivity contribution in [3.05, 3.63) is 84.1 Å². The van der Waals surface area contributed by atoms with Gasteiger partial charge in [0.25, 0.3) is 5.91 Å². The van der Waals surface area contributed by atoms with Crippen LogP contribution >= 0.6 is 11.8 Å². The molecule has 20 N–H and O–H groups in total. The standard InChI is InChI=1S/C70H102N20O19S/c1-40(2)27-51(68(107)82-49(63(72)102)17-26-110-6)84-69(108)53(29-46-31-73-39-78-46)81-57(94)34-77-70(109)62(41(3)4)86-64(103)42(5)79-67(106)52(28-44-30-74-48-10-8-7-9-47(44)48)85-66(105)50(15-16-54(71)91)83-65(104)43-11-13-45(14-12-43)80-56(93)33-75-55(92)32-76-58(95)35-87-18-20-88(36-59(96)97)22-24-90(38-61(100)101)25-23-89(21-19-87)37-60(98)99/h7-14,30-31,39-42,49-53,62,74H,15-29,32-38H2,1-6H3,(H2,71,91)(H2,72,102)(H,73,78)(H,75,92)(H,76,95)(H,77,109)(H,79,106)(H,80,93)(H,81,94)(H,82,107)(H,83,104)(H,84,108)(H,85,105)(H,86,103)(H,96,97)(H,98,99)(H,100,101). The third kappa shape index (κ3) is 32.4. The fourth-order valence-corrected chi connectivity index (χ4v) is 12.0. The number of carboxylic acids is 3. The molecule has 2 aromatic heterocycles. The van der Waals surface area contributed by atoms with Gasteiger partial charge in [-0.2, -0.15) is 11.8 Å². The van der Waals surface area contributed by atoms with E-state index in [2.05, 4.69) is 73.4 Å². The Morgan fingerprint density at radius 1 is 0.518 bits per heavy atom. The number of carboxylic acid groups (broad SMARTS) is 3. The van der Waals surface area contributed by atoms with Crippen LogP contribution in [0.1, 0.15) is 81.9 Å². The summed E-state index contributed by atoms with van der Waals surface area (Å²) in [6, 6.07) is 3.20. The van der Waals surface area contributed by atoms with Gasteiger partial charge in [0.2, 0.25) is 70.9 Å². The maximum atomic E-state index is 14.4. The molecule has 7 unspecified atom stereocenters. The van der Waals surface area contributed by atoms with Gasteiger partial charge in [0.15, 0.2) is 0 Å². The van der Waals surface area contributed by atoms with E-state index < -0.39 is 169 Å². The molecule has 3 heterocycles. The van der Waals surface area contributed by atoms with Crippen molar-refractivity contribution in [1.82, 2.24) is 87.7 Å². The second kappa shape index (κ2) is 45.7. The van der Waals surface area contributed by atoms with E-state index in [1.807, 2.05) is 20.1 Å². The first-order valence-corrected chi connectivity index (χ1v) is 37.0. The number of hydrogen-bond acceptors (Lipinski definition) is 22. The number of thioether (sulfide) groups is 1. The average molecular weight is 1560 g/mol. The number of para-hydroxylation sites is 1. The Balaban J connectivity index is 1.18. The van der Waals surface area contributed by atoms with Crippen LogP contribution in [0.5, 0.6) is 0 Å². The lowest BCUT2D eigenvalue weighted by atomic mass is 10.0. The third-order valence-corrected chi connectivity index (χ3v) is 18.0.